The van der Waals surface area contributed by atoms with Crippen LogP contribution >= 0.6 is 0 Å². The first-order valence-electron chi connectivity index (χ1n) is 19.6. The molecular formula is C39H81NO. The van der Waals surface area contributed by atoms with Gasteiger partial charge in [0.1, 0.15) is 0 Å². The molecule has 41 heavy (non-hydrogen) atoms. The van der Waals surface area contributed by atoms with E-state index in [-0.39, 0.29) is 6.10 Å². The fraction of sp³-hybridized carbons (Fsp3) is 1.00. The van der Waals surface area contributed by atoms with Gasteiger partial charge in [-0.3, -0.25) is 0 Å². The summed E-state index contributed by atoms with van der Waals surface area (Å²) in [5, 5.41) is 9.95. The van der Waals surface area contributed by atoms with Gasteiger partial charge in [0.2, 0.25) is 0 Å². The number of nitrogens with zero attached hydrogens (tertiary/aromatic N) is 1. The maximum absolute atomic E-state index is 9.95. The molecule has 0 aromatic carbocycles. The number of hydrogen-bond acceptors (Lipinski definition) is 2. The van der Waals surface area contributed by atoms with Crippen LogP contribution in [0.4, 0.5) is 0 Å². The molecule has 0 aliphatic heterocycles. The van der Waals surface area contributed by atoms with Gasteiger partial charge in [0.15, 0.2) is 0 Å². The Hall–Kier alpha value is -0.0800. The molecule has 0 heterocycles. The SMILES string of the molecule is CCCCCCCCCCCCCCCCCCN(CCCCCCCCCCCCCCCCCC)CC(C)O. The van der Waals surface area contributed by atoms with E-state index in [4.69, 9.17) is 0 Å². The molecule has 0 fully saturated rings. The largest absolute Gasteiger partial charge is 0.392 e. The lowest BCUT2D eigenvalue weighted by Gasteiger charge is -2.23. The molecule has 0 saturated carbocycles. The second kappa shape index (κ2) is 36.1. The molecule has 248 valence electrons. The van der Waals surface area contributed by atoms with E-state index in [1.54, 1.807) is 0 Å². The topological polar surface area (TPSA) is 23.5 Å². The van der Waals surface area contributed by atoms with Crippen molar-refractivity contribution >= 4 is 0 Å². The normalized spacial score (nSPS) is 12.5. The highest BCUT2D eigenvalue weighted by Gasteiger charge is 2.08. The second-order valence-electron chi connectivity index (χ2n) is 13.8. The lowest BCUT2D eigenvalue weighted by molar-refractivity contribution is 0.123. The monoisotopic (exact) mass is 580 g/mol. The molecule has 0 saturated heterocycles. The van der Waals surface area contributed by atoms with Crippen molar-refractivity contribution in [3.05, 3.63) is 0 Å². The summed E-state index contributed by atoms with van der Waals surface area (Å²) in [6, 6.07) is 0. The Morgan fingerprint density at radius 2 is 0.537 bits per heavy atom. The summed E-state index contributed by atoms with van der Waals surface area (Å²) in [5.41, 5.74) is 0. The number of aliphatic hydroxyl groups is 1. The molecule has 0 aliphatic rings. The molecular weight excluding hydrogens is 498 g/mol. The first-order valence-corrected chi connectivity index (χ1v) is 19.6. The molecule has 2 nitrogen and oxygen atoms in total. The zero-order chi connectivity index (χ0) is 29.9. The summed E-state index contributed by atoms with van der Waals surface area (Å²) < 4.78 is 0. The Bertz CT molecular complexity index is 415. The van der Waals surface area contributed by atoms with Gasteiger partial charge in [0.05, 0.1) is 6.10 Å². The first kappa shape index (κ1) is 40.9. The molecule has 1 unspecified atom stereocenters. The second-order valence-corrected chi connectivity index (χ2v) is 13.8. The van der Waals surface area contributed by atoms with Crippen molar-refractivity contribution in [3.8, 4) is 0 Å². The summed E-state index contributed by atoms with van der Waals surface area (Å²) in [7, 11) is 0. The predicted molar refractivity (Wildman–Crippen MR) is 187 cm³/mol. The summed E-state index contributed by atoms with van der Waals surface area (Å²) in [5.74, 6) is 0. The smallest absolute Gasteiger partial charge is 0.0639 e. The van der Waals surface area contributed by atoms with Gasteiger partial charge in [-0.25, -0.2) is 0 Å². The van der Waals surface area contributed by atoms with Crippen LogP contribution in [0, 0.1) is 0 Å². The maximum atomic E-state index is 9.95. The predicted octanol–water partition coefficient (Wildman–Crippen LogP) is 13.2. The Morgan fingerprint density at radius 1 is 0.341 bits per heavy atom. The molecule has 0 rings (SSSR count). The third-order valence-corrected chi connectivity index (χ3v) is 9.18. The van der Waals surface area contributed by atoms with Crippen molar-refractivity contribution in [1.29, 1.82) is 0 Å². The molecule has 0 amide bonds. The third-order valence-electron chi connectivity index (χ3n) is 9.18. The minimum Gasteiger partial charge on any atom is -0.392 e. The Kier molecular flexibility index (Phi) is 36.0. The highest BCUT2D eigenvalue weighted by atomic mass is 16.3. The zero-order valence-electron chi connectivity index (χ0n) is 29.2. The lowest BCUT2D eigenvalue weighted by atomic mass is 10.0. The van der Waals surface area contributed by atoms with Gasteiger partial charge in [0.25, 0.3) is 0 Å². The van der Waals surface area contributed by atoms with E-state index < -0.39 is 0 Å². The number of unbranched alkanes of at least 4 members (excludes halogenated alkanes) is 30. The average Bonchev–Trinajstić information content (AvgIpc) is 2.96. The van der Waals surface area contributed by atoms with Crippen molar-refractivity contribution in [2.45, 2.75) is 232 Å². The van der Waals surface area contributed by atoms with Gasteiger partial charge in [-0.2, -0.15) is 0 Å². The zero-order valence-corrected chi connectivity index (χ0v) is 29.2. The van der Waals surface area contributed by atoms with Gasteiger partial charge in [0, 0.05) is 6.54 Å². The molecule has 0 aromatic heterocycles. The summed E-state index contributed by atoms with van der Waals surface area (Å²) in [6.07, 6.45) is 45.6. The van der Waals surface area contributed by atoms with Crippen molar-refractivity contribution in [1.82, 2.24) is 4.90 Å². The van der Waals surface area contributed by atoms with Crippen molar-refractivity contribution in [3.63, 3.8) is 0 Å². The lowest BCUT2D eigenvalue weighted by Crippen LogP contribution is -2.32. The average molecular weight is 580 g/mol. The quantitative estimate of drug-likeness (QED) is 0.0746. The minimum atomic E-state index is -0.197. The summed E-state index contributed by atoms with van der Waals surface area (Å²) >= 11 is 0. The highest BCUT2D eigenvalue weighted by molar-refractivity contribution is 4.63. The number of rotatable bonds is 36. The molecule has 0 radical (unpaired) electrons. The summed E-state index contributed by atoms with van der Waals surface area (Å²) in [4.78, 5) is 2.54. The van der Waals surface area contributed by atoms with Crippen LogP contribution in [0.2, 0.25) is 0 Å². The molecule has 2 heteroatoms. The van der Waals surface area contributed by atoms with E-state index in [1.165, 1.54) is 219 Å². The van der Waals surface area contributed by atoms with Gasteiger partial charge in [-0.1, -0.05) is 206 Å². The molecule has 1 atom stereocenters. The van der Waals surface area contributed by atoms with Gasteiger partial charge in [-0.05, 0) is 32.9 Å². The van der Waals surface area contributed by atoms with Crippen LogP contribution in [0.5, 0.6) is 0 Å². The van der Waals surface area contributed by atoms with Crippen LogP contribution in [0.25, 0.3) is 0 Å². The highest BCUT2D eigenvalue weighted by Crippen LogP contribution is 2.16. The van der Waals surface area contributed by atoms with Crippen molar-refractivity contribution < 1.29 is 5.11 Å². The molecule has 0 aliphatic carbocycles. The minimum absolute atomic E-state index is 0.197. The van der Waals surface area contributed by atoms with E-state index in [0.29, 0.717) is 0 Å². The van der Waals surface area contributed by atoms with Crippen molar-refractivity contribution in [2.24, 2.45) is 0 Å². The van der Waals surface area contributed by atoms with Crippen molar-refractivity contribution in [2.75, 3.05) is 19.6 Å². The standard InChI is InChI=1S/C39H81NO/c1-4-6-8-10-12-14-16-18-20-22-24-26-28-30-32-34-36-40(38-39(3)41)37-35-33-31-29-27-25-23-21-19-17-15-13-11-9-7-5-2/h39,41H,4-38H2,1-3H3. The maximum Gasteiger partial charge on any atom is 0.0639 e. The molecule has 0 aromatic rings. The Morgan fingerprint density at radius 3 is 0.732 bits per heavy atom. The van der Waals surface area contributed by atoms with E-state index in [9.17, 15) is 5.11 Å². The van der Waals surface area contributed by atoms with E-state index in [0.717, 1.165) is 6.54 Å². The first-order chi connectivity index (χ1) is 20.2. The van der Waals surface area contributed by atoms with Gasteiger partial charge < -0.3 is 10.0 Å². The van der Waals surface area contributed by atoms with Crippen LogP contribution in [-0.4, -0.2) is 35.7 Å². The van der Waals surface area contributed by atoms with Gasteiger partial charge in [-0.15, -0.1) is 0 Å². The van der Waals surface area contributed by atoms with Crippen LogP contribution in [-0.2, 0) is 0 Å². The van der Waals surface area contributed by atoms with E-state index >= 15 is 0 Å². The van der Waals surface area contributed by atoms with Crippen LogP contribution < -0.4 is 0 Å². The molecule has 1 N–H and O–H groups in total. The fourth-order valence-corrected chi connectivity index (χ4v) is 6.44. The van der Waals surface area contributed by atoms with Gasteiger partial charge >= 0.3 is 0 Å². The van der Waals surface area contributed by atoms with Crippen LogP contribution in [0.1, 0.15) is 226 Å². The molecule has 0 bridgehead atoms. The van der Waals surface area contributed by atoms with E-state index in [2.05, 4.69) is 18.7 Å². The fourth-order valence-electron chi connectivity index (χ4n) is 6.44. The van der Waals surface area contributed by atoms with E-state index in [1.807, 2.05) is 6.92 Å². The number of hydrogen-bond donors (Lipinski definition) is 1. The molecule has 0 spiro atoms. The van der Waals surface area contributed by atoms with Crippen LogP contribution in [0.15, 0.2) is 0 Å². The third kappa shape index (κ3) is 36.0. The summed E-state index contributed by atoms with van der Waals surface area (Å²) in [6.45, 7) is 9.78. The Labute approximate surface area is 261 Å². The Balaban J connectivity index is 3.46. The van der Waals surface area contributed by atoms with Crippen LogP contribution in [0.3, 0.4) is 0 Å². The number of aliphatic hydroxyl groups excluding tert-OH is 1.